The van der Waals surface area contributed by atoms with Crippen molar-refractivity contribution in [1.82, 2.24) is 5.16 Å². The number of carbonyl (C=O) groups is 2. The van der Waals surface area contributed by atoms with Crippen LogP contribution >= 0.6 is 0 Å². The van der Waals surface area contributed by atoms with Gasteiger partial charge in [-0.05, 0) is 49.3 Å². The predicted octanol–water partition coefficient (Wildman–Crippen LogP) is 3.88. The number of amides is 1. The zero-order chi connectivity index (χ0) is 22.7. The van der Waals surface area contributed by atoms with E-state index in [0.29, 0.717) is 41.6 Å². The Hall–Kier alpha value is -3.49. The molecule has 9 heteroatoms. The minimum Gasteiger partial charge on any atom is -0.483 e. The number of hydrogen-bond acceptors (Lipinski definition) is 7. The van der Waals surface area contributed by atoms with E-state index in [0.717, 1.165) is 0 Å². The van der Waals surface area contributed by atoms with Crippen molar-refractivity contribution >= 4 is 23.2 Å². The second-order valence-corrected chi connectivity index (χ2v) is 9.02. The molecule has 3 aliphatic rings. The number of ketones is 1. The van der Waals surface area contributed by atoms with E-state index in [9.17, 15) is 19.7 Å². The number of ether oxygens (including phenoxy) is 1. The van der Waals surface area contributed by atoms with Crippen LogP contribution in [-0.4, -0.2) is 27.9 Å². The summed E-state index contributed by atoms with van der Waals surface area (Å²) in [6.45, 7) is 5.99. The fraction of sp³-hybridized carbons (Fsp3) is 0.435. The largest absolute Gasteiger partial charge is 0.483 e. The summed E-state index contributed by atoms with van der Waals surface area (Å²) >= 11 is 0. The Bertz CT molecular complexity index is 1150. The number of hydrogen-bond donors (Lipinski definition) is 0. The summed E-state index contributed by atoms with van der Waals surface area (Å²) < 4.78 is 11.4. The second kappa shape index (κ2) is 7.29. The van der Waals surface area contributed by atoms with Crippen molar-refractivity contribution in [3.05, 3.63) is 63.1 Å². The number of benzene rings is 1. The topological polar surface area (TPSA) is 116 Å². The average molecular weight is 437 g/mol. The molecule has 0 spiro atoms. The van der Waals surface area contributed by atoms with E-state index >= 15 is 0 Å². The molecule has 1 fully saturated rings. The first-order valence-electron chi connectivity index (χ1n) is 10.7. The SMILES string of the molecule is Cc1cc(N2C(=O)C3=C(C(=O)C4CC(C)C(C)CC4O3)C2c2ccc([N+](=O)[O-])cc2)no1. The molecule has 2 aromatic rings. The number of aromatic nitrogens is 1. The fourth-order valence-corrected chi connectivity index (χ4v) is 5.06. The van der Waals surface area contributed by atoms with Crippen molar-refractivity contribution in [3.8, 4) is 0 Å². The summed E-state index contributed by atoms with van der Waals surface area (Å²) in [6.07, 6.45) is 1.09. The Balaban J connectivity index is 1.62. The average Bonchev–Trinajstić information content (AvgIpc) is 3.31. The first-order valence-corrected chi connectivity index (χ1v) is 10.7. The van der Waals surface area contributed by atoms with Crippen LogP contribution in [0.5, 0.6) is 0 Å². The Labute approximate surface area is 184 Å². The lowest BCUT2D eigenvalue weighted by atomic mass is 9.70. The van der Waals surface area contributed by atoms with Gasteiger partial charge in [-0.3, -0.25) is 24.6 Å². The molecule has 1 aromatic carbocycles. The van der Waals surface area contributed by atoms with E-state index < -0.39 is 16.9 Å². The third kappa shape index (κ3) is 3.03. The molecule has 0 N–H and O–H groups in total. The summed E-state index contributed by atoms with van der Waals surface area (Å²) in [5, 5.41) is 15.1. The molecule has 0 saturated heterocycles. The summed E-state index contributed by atoms with van der Waals surface area (Å²) in [6, 6.07) is 6.70. The first kappa shape index (κ1) is 20.4. The quantitative estimate of drug-likeness (QED) is 0.528. The lowest BCUT2D eigenvalue weighted by molar-refractivity contribution is -0.384. The number of nitro groups is 1. The van der Waals surface area contributed by atoms with Gasteiger partial charge in [0.1, 0.15) is 11.9 Å². The third-order valence-corrected chi connectivity index (χ3v) is 6.99. The third-order valence-electron chi connectivity index (χ3n) is 6.99. The molecule has 5 unspecified atom stereocenters. The van der Waals surface area contributed by atoms with E-state index in [1.165, 1.54) is 17.0 Å². The molecule has 5 atom stereocenters. The predicted molar refractivity (Wildman–Crippen MR) is 113 cm³/mol. The molecule has 0 radical (unpaired) electrons. The standard InChI is InChI=1S/C23H23N3O6/c1-11-8-16-17(9-12(11)2)31-22-19(21(16)27)20(14-4-6-15(7-5-14)26(29)30)25(23(22)28)18-10-13(3)32-24-18/h4-7,10-12,16-17,20H,8-9H2,1-3H3. The summed E-state index contributed by atoms with van der Waals surface area (Å²) in [5.74, 6) is 0.756. The monoisotopic (exact) mass is 437 g/mol. The highest BCUT2D eigenvalue weighted by molar-refractivity contribution is 6.17. The molecule has 1 aliphatic carbocycles. The smallest absolute Gasteiger partial charge is 0.295 e. The van der Waals surface area contributed by atoms with E-state index in [1.807, 2.05) is 0 Å². The molecule has 2 aliphatic heterocycles. The number of aryl methyl sites for hydroxylation is 1. The molecule has 0 bridgehead atoms. The Morgan fingerprint density at radius 3 is 2.44 bits per heavy atom. The molecular weight excluding hydrogens is 414 g/mol. The molecule has 5 rings (SSSR count). The minimum atomic E-state index is -0.786. The van der Waals surface area contributed by atoms with Gasteiger partial charge in [-0.15, -0.1) is 0 Å². The van der Waals surface area contributed by atoms with Gasteiger partial charge in [-0.25, -0.2) is 0 Å². The van der Waals surface area contributed by atoms with Crippen LogP contribution in [0.3, 0.4) is 0 Å². The van der Waals surface area contributed by atoms with E-state index in [-0.39, 0.29) is 35.1 Å². The molecule has 1 amide bonds. The highest BCUT2D eigenvalue weighted by Gasteiger charge is 2.54. The van der Waals surface area contributed by atoms with E-state index in [2.05, 4.69) is 19.0 Å². The highest BCUT2D eigenvalue weighted by Crippen LogP contribution is 2.49. The van der Waals surface area contributed by atoms with Crippen LogP contribution in [0.1, 0.15) is 44.1 Å². The number of carbonyl (C=O) groups excluding carboxylic acids is 2. The zero-order valence-electron chi connectivity index (χ0n) is 18.0. The molecule has 9 nitrogen and oxygen atoms in total. The maximum absolute atomic E-state index is 13.7. The maximum atomic E-state index is 13.7. The number of anilines is 1. The Morgan fingerprint density at radius 1 is 1.12 bits per heavy atom. The van der Waals surface area contributed by atoms with Gasteiger partial charge in [-0.2, -0.15) is 0 Å². The van der Waals surface area contributed by atoms with Crippen LogP contribution in [0.25, 0.3) is 0 Å². The summed E-state index contributed by atoms with van der Waals surface area (Å²) in [4.78, 5) is 39.2. The van der Waals surface area contributed by atoms with Gasteiger partial charge in [0, 0.05) is 18.2 Å². The molecule has 32 heavy (non-hydrogen) atoms. The molecule has 3 heterocycles. The van der Waals surface area contributed by atoms with Gasteiger partial charge >= 0.3 is 0 Å². The van der Waals surface area contributed by atoms with Crippen LogP contribution in [0.2, 0.25) is 0 Å². The van der Waals surface area contributed by atoms with Crippen molar-refractivity contribution in [2.75, 3.05) is 4.90 Å². The number of rotatable bonds is 3. The zero-order valence-corrected chi connectivity index (χ0v) is 18.0. The number of Topliss-reactive ketones (excluding diaryl/α,β-unsaturated/α-hetero) is 1. The Kier molecular flexibility index (Phi) is 4.65. The molecule has 1 saturated carbocycles. The van der Waals surface area contributed by atoms with Crippen LogP contribution in [0.4, 0.5) is 11.5 Å². The van der Waals surface area contributed by atoms with E-state index in [1.54, 1.807) is 25.1 Å². The van der Waals surface area contributed by atoms with E-state index in [4.69, 9.17) is 9.26 Å². The molecule has 166 valence electrons. The van der Waals surface area contributed by atoms with Gasteiger partial charge in [-0.1, -0.05) is 19.0 Å². The first-order chi connectivity index (χ1) is 15.3. The summed E-state index contributed by atoms with van der Waals surface area (Å²) in [5.41, 5.74) is 0.798. The van der Waals surface area contributed by atoms with Crippen molar-refractivity contribution in [2.45, 2.75) is 45.8 Å². The van der Waals surface area contributed by atoms with Gasteiger partial charge in [0.25, 0.3) is 11.6 Å². The van der Waals surface area contributed by atoms with Gasteiger partial charge in [0.2, 0.25) is 0 Å². The van der Waals surface area contributed by atoms with Crippen molar-refractivity contribution in [3.63, 3.8) is 0 Å². The van der Waals surface area contributed by atoms with Crippen LogP contribution in [-0.2, 0) is 14.3 Å². The second-order valence-electron chi connectivity index (χ2n) is 9.02. The number of fused-ring (bicyclic) bond motifs is 1. The summed E-state index contributed by atoms with van der Waals surface area (Å²) in [7, 11) is 0. The van der Waals surface area contributed by atoms with Crippen LogP contribution < -0.4 is 4.90 Å². The fourth-order valence-electron chi connectivity index (χ4n) is 5.06. The van der Waals surface area contributed by atoms with Gasteiger partial charge in [0.15, 0.2) is 17.4 Å². The minimum absolute atomic E-state index is 0.0574. The molecular formula is C23H23N3O6. The van der Waals surface area contributed by atoms with Crippen molar-refractivity contribution < 1.29 is 23.8 Å². The van der Waals surface area contributed by atoms with Crippen LogP contribution in [0, 0.1) is 34.8 Å². The number of nitro benzene ring substituents is 1. The lowest BCUT2D eigenvalue weighted by Gasteiger charge is -2.40. The normalized spacial score (nSPS) is 29.6. The van der Waals surface area contributed by atoms with Gasteiger partial charge < -0.3 is 9.26 Å². The van der Waals surface area contributed by atoms with Crippen LogP contribution in [0.15, 0.2) is 46.2 Å². The van der Waals surface area contributed by atoms with Gasteiger partial charge in [0.05, 0.1) is 22.5 Å². The lowest BCUT2D eigenvalue weighted by Crippen LogP contribution is -2.43. The Morgan fingerprint density at radius 2 is 1.81 bits per heavy atom. The number of non-ortho nitro benzene ring substituents is 1. The van der Waals surface area contributed by atoms with Crippen molar-refractivity contribution in [2.24, 2.45) is 17.8 Å². The highest BCUT2D eigenvalue weighted by atomic mass is 16.6. The molecule has 1 aromatic heterocycles. The maximum Gasteiger partial charge on any atom is 0.295 e. The number of nitrogens with zero attached hydrogens (tertiary/aromatic N) is 3. The van der Waals surface area contributed by atoms with Crippen molar-refractivity contribution in [1.29, 1.82) is 0 Å².